The van der Waals surface area contributed by atoms with Gasteiger partial charge < -0.3 is 4.90 Å². The summed E-state index contributed by atoms with van der Waals surface area (Å²) in [7, 11) is -3.49. The molecule has 4 aliphatic carbocycles. The first kappa shape index (κ1) is 18.9. The van der Waals surface area contributed by atoms with E-state index < -0.39 is 10.0 Å². The number of alkyl halides is 1. The second kappa shape index (κ2) is 6.44. The van der Waals surface area contributed by atoms with Crippen molar-refractivity contribution in [2.45, 2.75) is 48.3 Å². The molecule has 5 fully saturated rings. The van der Waals surface area contributed by atoms with E-state index in [0.29, 0.717) is 42.9 Å². The Bertz CT molecular complexity index is 866. The molecule has 28 heavy (non-hydrogen) atoms. The average Bonchev–Trinajstić information content (AvgIpc) is 2.66. The van der Waals surface area contributed by atoms with E-state index >= 15 is 0 Å². The second-order valence-electron chi connectivity index (χ2n) is 9.40. The lowest BCUT2D eigenvalue weighted by atomic mass is 9.49. The highest BCUT2D eigenvalue weighted by atomic mass is 35.5. The van der Waals surface area contributed by atoms with Gasteiger partial charge in [0.1, 0.15) is 0 Å². The SMILES string of the molecule is O=C(N1CCN(S(=O)(=O)c2ccccc2)CC1)C12C[C@H]3C[C@@H](CC(Cl)(C3)C1)C2. The largest absolute Gasteiger partial charge is 0.340 e. The van der Waals surface area contributed by atoms with Gasteiger partial charge in [-0.1, -0.05) is 18.2 Å². The van der Waals surface area contributed by atoms with Gasteiger partial charge in [-0.05, 0) is 62.5 Å². The molecule has 0 aromatic heterocycles. The number of sulfonamides is 1. The Labute approximate surface area is 172 Å². The lowest BCUT2D eigenvalue weighted by Gasteiger charge is -2.60. The second-order valence-corrected chi connectivity index (χ2v) is 12.1. The maximum absolute atomic E-state index is 13.5. The highest BCUT2D eigenvalue weighted by Crippen LogP contribution is 2.64. The Hall–Kier alpha value is -1.11. The molecule has 1 aromatic rings. The third kappa shape index (κ3) is 2.99. The maximum atomic E-state index is 13.5. The molecule has 0 spiro atoms. The van der Waals surface area contributed by atoms with Crippen LogP contribution in [0.1, 0.15) is 38.5 Å². The zero-order valence-corrected chi connectivity index (χ0v) is 17.6. The summed E-state index contributed by atoms with van der Waals surface area (Å²) < 4.78 is 27.2. The minimum atomic E-state index is -3.49. The van der Waals surface area contributed by atoms with E-state index in [-0.39, 0.29) is 16.2 Å². The number of amides is 1. The average molecular weight is 423 g/mol. The molecule has 6 rings (SSSR count). The molecule has 0 radical (unpaired) electrons. The van der Waals surface area contributed by atoms with Crippen LogP contribution in [0.15, 0.2) is 35.2 Å². The lowest BCUT2D eigenvalue weighted by molar-refractivity contribution is -0.157. The number of hydrogen-bond donors (Lipinski definition) is 0. The number of carbonyl (C=O) groups is 1. The van der Waals surface area contributed by atoms with Crippen LogP contribution in [0.25, 0.3) is 0 Å². The van der Waals surface area contributed by atoms with Crippen molar-refractivity contribution in [2.24, 2.45) is 17.3 Å². The molecular formula is C21H27ClN2O3S. The smallest absolute Gasteiger partial charge is 0.243 e. The summed E-state index contributed by atoms with van der Waals surface area (Å²) >= 11 is 6.90. The van der Waals surface area contributed by atoms with Gasteiger partial charge >= 0.3 is 0 Å². The van der Waals surface area contributed by atoms with Gasteiger partial charge in [0.2, 0.25) is 15.9 Å². The van der Waals surface area contributed by atoms with Crippen LogP contribution in [0.3, 0.4) is 0 Å². The number of hydrogen-bond acceptors (Lipinski definition) is 3. The predicted octanol–water partition coefficient (Wildman–Crippen LogP) is 3.10. The third-order valence-corrected chi connectivity index (χ3v) is 9.71. The van der Waals surface area contributed by atoms with Gasteiger partial charge in [-0.25, -0.2) is 8.42 Å². The van der Waals surface area contributed by atoms with E-state index in [1.807, 2.05) is 11.0 Å². The van der Waals surface area contributed by atoms with Crippen LogP contribution < -0.4 is 0 Å². The first-order valence-electron chi connectivity index (χ1n) is 10.3. The summed E-state index contributed by atoms with van der Waals surface area (Å²) in [4.78, 5) is 15.6. The monoisotopic (exact) mass is 422 g/mol. The Morgan fingerprint density at radius 3 is 2.14 bits per heavy atom. The van der Waals surface area contributed by atoms with Crippen LogP contribution in [0.4, 0.5) is 0 Å². The van der Waals surface area contributed by atoms with Crippen LogP contribution in [0.2, 0.25) is 0 Å². The summed E-state index contributed by atoms with van der Waals surface area (Å²) in [6.45, 7) is 1.66. The number of benzene rings is 1. The fourth-order valence-electron chi connectivity index (χ4n) is 6.61. The molecule has 7 heteroatoms. The fourth-order valence-corrected chi connectivity index (χ4v) is 8.74. The van der Waals surface area contributed by atoms with E-state index in [0.717, 1.165) is 32.1 Å². The Morgan fingerprint density at radius 2 is 1.57 bits per heavy atom. The van der Waals surface area contributed by atoms with Crippen molar-refractivity contribution < 1.29 is 13.2 Å². The summed E-state index contributed by atoms with van der Waals surface area (Å²) in [6.07, 6.45) is 6.09. The first-order chi connectivity index (χ1) is 13.3. The van der Waals surface area contributed by atoms with Crippen LogP contribution >= 0.6 is 11.6 Å². The van der Waals surface area contributed by atoms with Crippen molar-refractivity contribution in [1.82, 2.24) is 9.21 Å². The van der Waals surface area contributed by atoms with Gasteiger partial charge in [0.25, 0.3) is 0 Å². The molecule has 5 nitrogen and oxygen atoms in total. The highest BCUT2D eigenvalue weighted by Gasteiger charge is 2.60. The zero-order valence-electron chi connectivity index (χ0n) is 16.0. The van der Waals surface area contributed by atoms with E-state index in [1.165, 1.54) is 10.7 Å². The van der Waals surface area contributed by atoms with Crippen molar-refractivity contribution in [3.8, 4) is 0 Å². The Kier molecular flexibility index (Phi) is 4.35. The van der Waals surface area contributed by atoms with Gasteiger partial charge in [0.15, 0.2) is 0 Å². The lowest BCUT2D eigenvalue weighted by Crippen LogP contribution is -2.61. The molecule has 1 heterocycles. The molecule has 152 valence electrons. The van der Waals surface area contributed by atoms with E-state index in [1.54, 1.807) is 24.3 Å². The molecule has 1 aromatic carbocycles. The van der Waals surface area contributed by atoms with E-state index in [2.05, 4.69) is 0 Å². The molecule has 4 saturated carbocycles. The number of nitrogens with zero attached hydrogens (tertiary/aromatic N) is 2. The third-order valence-electron chi connectivity index (χ3n) is 7.35. The Balaban J connectivity index is 1.29. The van der Waals surface area contributed by atoms with Crippen molar-refractivity contribution >= 4 is 27.5 Å². The molecule has 1 saturated heterocycles. The minimum Gasteiger partial charge on any atom is -0.340 e. The molecule has 2 atom stereocenters. The summed E-state index contributed by atoms with van der Waals surface area (Å²) in [5.74, 6) is 1.40. The van der Waals surface area contributed by atoms with Gasteiger partial charge in [-0.15, -0.1) is 11.6 Å². The maximum Gasteiger partial charge on any atom is 0.243 e. The predicted molar refractivity (Wildman–Crippen MR) is 107 cm³/mol. The van der Waals surface area contributed by atoms with Gasteiger partial charge in [-0.2, -0.15) is 4.31 Å². The Morgan fingerprint density at radius 1 is 0.964 bits per heavy atom. The van der Waals surface area contributed by atoms with Gasteiger partial charge in [0.05, 0.1) is 10.3 Å². The van der Waals surface area contributed by atoms with Gasteiger partial charge in [0, 0.05) is 31.1 Å². The first-order valence-corrected chi connectivity index (χ1v) is 12.2. The zero-order chi connectivity index (χ0) is 19.6. The van der Waals surface area contributed by atoms with Crippen molar-refractivity contribution in [3.05, 3.63) is 30.3 Å². The van der Waals surface area contributed by atoms with Crippen molar-refractivity contribution in [3.63, 3.8) is 0 Å². The van der Waals surface area contributed by atoms with Crippen LogP contribution in [-0.2, 0) is 14.8 Å². The van der Waals surface area contributed by atoms with E-state index in [4.69, 9.17) is 11.6 Å². The molecule has 0 unspecified atom stereocenters. The van der Waals surface area contributed by atoms with Crippen LogP contribution in [-0.4, -0.2) is 54.6 Å². The number of carbonyl (C=O) groups excluding carboxylic acids is 1. The summed E-state index contributed by atoms with van der Waals surface area (Å²) in [5.41, 5.74) is -0.299. The molecule has 4 bridgehead atoms. The molecule has 1 aliphatic heterocycles. The number of rotatable bonds is 3. The van der Waals surface area contributed by atoms with Crippen LogP contribution in [0, 0.1) is 17.3 Å². The minimum absolute atomic E-state index is 0.182. The molecular weight excluding hydrogens is 396 g/mol. The quantitative estimate of drug-likeness (QED) is 0.703. The van der Waals surface area contributed by atoms with E-state index in [9.17, 15) is 13.2 Å². The number of piperazine rings is 1. The van der Waals surface area contributed by atoms with Gasteiger partial charge in [-0.3, -0.25) is 4.79 Å². The molecule has 5 aliphatic rings. The standard InChI is InChI=1S/C21H27ClN2O3S/c22-21-13-16-10-17(14-21)12-20(11-16,15-21)19(25)23-6-8-24(9-7-23)28(26,27)18-4-2-1-3-5-18/h1-5,16-17H,6-15H2/t16-,17-,20?,21?/m1/s1. The molecule has 1 amide bonds. The topological polar surface area (TPSA) is 57.7 Å². The van der Waals surface area contributed by atoms with Crippen molar-refractivity contribution in [2.75, 3.05) is 26.2 Å². The fraction of sp³-hybridized carbons (Fsp3) is 0.667. The van der Waals surface area contributed by atoms with Crippen LogP contribution in [0.5, 0.6) is 0 Å². The summed E-state index contributed by atoms with van der Waals surface area (Å²) in [6, 6.07) is 8.54. The normalized spacial score (nSPS) is 38.0. The summed E-state index contributed by atoms with van der Waals surface area (Å²) in [5, 5.41) is 0. The molecule has 0 N–H and O–H groups in total. The highest BCUT2D eigenvalue weighted by molar-refractivity contribution is 7.89. The van der Waals surface area contributed by atoms with Crippen molar-refractivity contribution in [1.29, 1.82) is 0 Å². The number of halogens is 1.